The number of benzene rings is 2. The van der Waals surface area contributed by atoms with Crippen molar-refractivity contribution < 1.29 is 17.6 Å². The highest BCUT2D eigenvalue weighted by Crippen LogP contribution is 2.33. The minimum absolute atomic E-state index is 0.158. The van der Waals surface area contributed by atoms with E-state index in [1.165, 1.54) is 0 Å². The molecule has 0 bridgehead atoms. The Kier molecular flexibility index (Phi) is 3.81. The molecule has 5 heteroatoms. The van der Waals surface area contributed by atoms with E-state index in [9.17, 15) is 17.6 Å². The molecule has 2 aromatic carbocycles. The van der Waals surface area contributed by atoms with Gasteiger partial charge >= 0.3 is 6.18 Å². The molecule has 1 unspecified atom stereocenters. The molecule has 0 aliphatic carbocycles. The molecule has 2 N–H and O–H groups in total. The van der Waals surface area contributed by atoms with Crippen molar-refractivity contribution >= 4 is 0 Å². The first kappa shape index (κ1) is 14.5. The zero-order chi connectivity index (χ0) is 14.9. The van der Waals surface area contributed by atoms with Crippen LogP contribution < -0.4 is 5.73 Å². The molecule has 2 rings (SSSR count). The summed E-state index contributed by atoms with van der Waals surface area (Å²) in [7, 11) is 0. The molecular formula is C15H13F4N. The van der Waals surface area contributed by atoms with Crippen molar-refractivity contribution in [3.05, 3.63) is 70.5 Å². The van der Waals surface area contributed by atoms with Gasteiger partial charge in [0.15, 0.2) is 0 Å². The van der Waals surface area contributed by atoms with E-state index in [2.05, 4.69) is 0 Å². The number of hydrogen-bond donors (Lipinski definition) is 1. The summed E-state index contributed by atoms with van der Waals surface area (Å²) in [6.45, 7) is 1.78. The molecular weight excluding hydrogens is 270 g/mol. The van der Waals surface area contributed by atoms with Gasteiger partial charge in [-0.1, -0.05) is 24.3 Å². The van der Waals surface area contributed by atoms with Crippen LogP contribution in [0.3, 0.4) is 0 Å². The predicted octanol–water partition coefficient (Wildman–Crippen LogP) is 4.20. The average molecular weight is 283 g/mol. The van der Waals surface area contributed by atoms with Crippen LogP contribution in [-0.2, 0) is 6.18 Å². The van der Waals surface area contributed by atoms with Gasteiger partial charge in [-0.25, -0.2) is 4.39 Å². The lowest BCUT2D eigenvalue weighted by Crippen LogP contribution is -2.16. The third-order valence-electron chi connectivity index (χ3n) is 3.18. The highest BCUT2D eigenvalue weighted by atomic mass is 19.4. The fraction of sp³-hybridized carbons (Fsp3) is 0.200. The van der Waals surface area contributed by atoms with Gasteiger partial charge in [0.05, 0.1) is 11.6 Å². The topological polar surface area (TPSA) is 26.0 Å². The van der Waals surface area contributed by atoms with Gasteiger partial charge in [-0.05, 0) is 36.2 Å². The van der Waals surface area contributed by atoms with E-state index < -0.39 is 23.6 Å². The van der Waals surface area contributed by atoms with E-state index in [-0.39, 0.29) is 5.56 Å². The third-order valence-corrected chi connectivity index (χ3v) is 3.18. The van der Waals surface area contributed by atoms with Crippen LogP contribution in [0.15, 0.2) is 42.5 Å². The van der Waals surface area contributed by atoms with Crippen LogP contribution in [-0.4, -0.2) is 0 Å². The predicted molar refractivity (Wildman–Crippen MR) is 68.6 cm³/mol. The van der Waals surface area contributed by atoms with Gasteiger partial charge in [0, 0.05) is 5.56 Å². The number of alkyl halides is 3. The fourth-order valence-electron chi connectivity index (χ4n) is 2.06. The Hall–Kier alpha value is -1.88. The van der Waals surface area contributed by atoms with Crippen LogP contribution in [0.25, 0.3) is 0 Å². The molecule has 1 nitrogen and oxygen atoms in total. The molecule has 0 radical (unpaired) electrons. The maximum Gasteiger partial charge on any atom is 0.416 e. The van der Waals surface area contributed by atoms with Crippen LogP contribution in [0, 0.1) is 12.7 Å². The minimum atomic E-state index is -4.52. The first-order valence-corrected chi connectivity index (χ1v) is 5.98. The Bertz CT molecular complexity index is 620. The first-order valence-electron chi connectivity index (χ1n) is 5.98. The zero-order valence-corrected chi connectivity index (χ0v) is 10.7. The maximum atomic E-state index is 13.8. The van der Waals surface area contributed by atoms with Crippen molar-refractivity contribution in [2.45, 2.75) is 19.1 Å². The molecule has 1 atom stereocenters. The lowest BCUT2D eigenvalue weighted by Gasteiger charge is -2.17. The second kappa shape index (κ2) is 5.25. The molecule has 0 heterocycles. The summed E-state index contributed by atoms with van der Waals surface area (Å²) in [6.07, 6.45) is -4.52. The molecule has 0 saturated carbocycles. The van der Waals surface area contributed by atoms with E-state index in [1.807, 2.05) is 0 Å². The van der Waals surface area contributed by atoms with Crippen molar-refractivity contribution in [1.29, 1.82) is 0 Å². The Balaban J connectivity index is 2.50. The summed E-state index contributed by atoms with van der Waals surface area (Å²) in [5.41, 5.74) is 6.27. The lowest BCUT2D eigenvalue weighted by atomic mass is 9.94. The van der Waals surface area contributed by atoms with Crippen molar-refractivity contribution in [1.82, 2.24) is 0 Å². The van der Waals surface area contributed by atoms with Crippen LogP contribution in [0.5, 0.6) is 0 Å². The van der Waals surface area contributed by atoms with Gasteiger partial charge in [-0.2, -0.15) is 13.2 Å². The SMILES string of the molecule is Cc1ccccc1C(N)c1cc(C(F)(F)F)ccc1F. The van der Waals surface area contributed by atoms with E-state index in [4.69, 9.17) is 5.73 Å². The van der Waals surface area contributed by atoms with Crippen LogP contribution in [0.1, 0.15) is 28.3 Å². The molecule has 0 saturated heterocycles. The summed E-state index contributed by atoms with van der Waals surface area (Å²) in [4.78, 5) is 0. The van der Waals surface area contributed by atoms with Gasteiger partial charge < -0.3 is 5.73 Å². The number of nitrogens with two attached hydrogens (primary N) is 1. The normalized spacial score (nSPS) is 13.3. The maximum absolute atomic E-state index is 13.8. The monoisotopic (exact) mass is 283 g/mol. The average Bonchev–Trinajstić information content (AvgIpc) is 2.37. The van der Waals surface area contributed by atoms with Crippen molar-refractivity contribution in [3.8, 4) is 0 Å². The summed E-state index contributed by atoms with van der Waals surface area (Å²) < 4.78 is 51.8. The van der Waals surface area contributed by atoms with Crippen LogP contribution >= 0.6 is 0 Å². The van der Waals surface area contributed by atoms with Crippen molar-refractivity contribution in [2.75, 3.05) is 0 Å². The summed E-state index contributed by atoms with van der Waals surface area (Å²) in [5.74, 6) is -0.742. The van der Waals surface area contributed by atoms with Crippen LogP contribution in [0.4, 0.5) is 17.6 Å². The first-order chi connectivity index (χ1) is 9.30. The second-order valence-corrected chi connectivity index (χ2v) is 4.57. The van der Waals surface area contributed by atoms with Gasteiger partial charge in [0.2, 0.25) is 0 Å². The largest absolute Gasteiger partial charge is 0.416 e. The Morgan fingerprint density at radius 3 is 2.25 bits per heavy atom. The van der Waals surface area contributed by atoms with E-state index in [0.717, 1.165) is 17.7 Å². The molecule has 106 valence electrons. The Morgan fingerprint density at radius 1 is 1.00 bits per heavy atom. The van der Waals surface area contributed by atoms with Gasteiger partial charge in [-0.15, -0.1) is 0 Å². The second-order valence-electron chi connectivity index (χ2n) is 4.57. The third kappa shape index (κ3) is 2.82. The molecule has 0 fully saturated rings. The van der Waals surface area contributed by atoms with E-state index in [0.29, 0.717) is 11.6 Å². The van der Waals surface area contributed by atoms with Crippen LogP contribution in [0.2, 0.25) is 0 Å². The molecule has 0 amide bonds. The molecule has 0 aliphatic rings. The molecule has 0 aromatic heterocycles. The summed E-state index contributed by atoms with van der Waals surface area (Å²) in [6, 6.07) is 8.31. The molecule has 20 heavy (non-hydrogen) atoms. The van der Waals surface area contributed by atoms with E-state index >= 15 is 0 Å². The fourth-order valence-corrected chi connectivity index (χ4v) is 2.06. The standard InChI is InChI=1S/C15H13F4N/c1-9-4-2-3-5-11(9)14(20)12-8-10(15(17,18)19)6-7-13(12)16/h2-8,14H,20H2,1H3. The van der Waals surface area contributed by atoms with E-state index in [1.54, 1.807) is 31.2 Å². The zero-order valence-electron chi connectivity index (χ0n) is 10.7. The smallest absolute Gasteiger partial charge is 0.320 e. The Labute approximate surface area is 114 Å². The van der Waals surface area contributed by atoms with Gasteiger partial charge in [0.1, 0.15) is 5.82 Å². The number of aryl methyl sites for hydroxylation is 1. The Morgan fingerprint density at radius 2 is 1.65 bits per heavy atom. The quantitative estimate of drug-likeness (QED) is 0.821. The van der Waals surface area contributed by atoms with Gasteiger partial charge in [-0.3, -0.25) is 0 Å². The highest BCUT2D eigenvalue weighted by Gasteiger charge is 2.31. The molecule has 0 spiro atoms. The summed E-state index contributed by atoms with van der Waals surface area (Å²) >= 11 is 0. The van der Waals surface area contributed by atoms with Crippen molar-refractivity contribution in [3.63, 3.8) is 0 Å². The molecule has 0 aliphatic heterocycles. The lowest BCUT2D eigenvalue weighted by molar-refractivity contribution is -0.137. The van der Waals surface area contributed by atoms with Gasteiger partial charge in [0.25, 0.3) is 0 Å². The number of hydrogen-bond acceptors (Lipinski definition) is 1. The number of rotatable bonds is 2. The molecule has 2 aromatic rings. The summed E-state index contributed by atoms with van der Waals surface area (Å²) in [5, 5.41) is 0. The minimum Gasteiger partial charge on any atom is -0.320 e. The van der Waals surface area contributed by atoms with Crippen molar-refractivity contribution in [2.24, 2.45) is 5.73 Å². The number of halogens is 4. The highest BCUT2D eigenvalue weighted by molar-refractivity contribution is 5.39.